The molecule has 5 nitrogen and oxygen atoms in total. The Morgan fingerprint density at radius 3 is 3.00 bits per heavy atom. The number of rotatable bonds is 3. The van der Waals surface area contributed by atoms with Crippen molar-refractivity contribution in [2.45, 2.75) is 49.6 Å². The monoisotopic (exact) mass is 284 g/mol. The molecule has 2 N–H and O–H groups in total. The zero-order chi connectivity index (χ0) is 13.6. The zero-order valence-electron chi connectivity index (χ0n) is 11.1. The van der Waals surface area contributed by atoms with Crippen molar-refractivity contribution in [3.8, 4) is 0 Å². The fourth-order valence-corrected chi connectivity index (χ4v) is 4.68. The van der Waals surface area contributed by atoms with Gasteiger partial charge in [-0.15, -0.1) is 11.8 Å². The lowest BCUT2D eigenvalue weighted by molar-refractivity contribution is -0.138. The summed E-state index contributed by atoms with van der Waals surface area (Å²) in [5.41, 5.74) is 0. The molecule has 3 aliphatic rings. The van der Waals surface area contributed by atoms with Crippen molar-refractivity contribution in [2.75, 3.05) is 12.3 Å². The molecule has 0 aromatic heterocycles. The summed E-state index contributed by atoms with van der Waals surface area (Å²) in [5, 5.41) is 12.2. The van der Waals surface area contributed by atoms with Gasteiger partial charge in [0, 0.05) is 18.7 Å². The molecule has 2 unspecified atom stereocenters. The molecule has 6 heteroatoms. The number of amides is 2. The van der Waals surface area contributed by atoms with Crippen LogP contribution in [-0.4, -0.2) is 51.1 Å². The molecular weight excluding hydrogens is 264 g/mol. The highest BCUT2D eigenvalue weighted by Crippen LogP contribution is 2.47. The van der Waals surface area contributed by atoms with Crippen molar-refractivity contribution in [2.24, 2.45) is 5.92 Å². The second kappa shape index (κ2) is 4.66. The highest BCUT2D eigenvalue weighted by atomic mass is 32.2. The van der Waals surface area contributed by atoms with Gasteiger partial charge in [0.25, 0.3) is 0 Å². The van der Waals surface area contributed by atoms with Crippen LogP contribution in [0.5, 0.6) is 0 Å². The van der Waals surface area contributed by atoms with Crippen molar-refractivity contribution in [1.29, 1.82) is 0 Å². The van der Waals surface area contributed by atoms with Crippen LogP contribution in [0.1, 0.15) is 32.6 Å². The van der Waals surface area contributed by atoms with Gasteiger partial charge in [-0.1, -0.05) is 0 Å². The van der Waals surface area contributed by atoms with E-state index in [0.717, 1.165) is 19.3 Å². The maximum Gasteiger partial charge on any atom is 0.243 e. The molecule has 2 heterocycles. The Bertz CT molecular complexity index is 411. The van der Waals surface area contributed by atoms with Crippen LogP contribution < -0.4 is 5.32 Å². The number of hydrogen-bond donors (Lipinski definition) is 2. The number of nitrogens with zero attached hydrogens (tertiary/aromatic N) is 1. The highest BCUT2D eigenvalue weighted by molar-refractivity contribution is 8.01. The third kappa shape index (κ3) is 2.25. The van der Waals surface area contributed by atoms with Crippen molar-refractivity contribution in [3.05, 3.63) is 0 Å². The zero-order valence-corrected chi connectivity index (χ0v) is 11.9. The average Bonchev–Trinajstić information content (AvgIpc) is 2.81. The van der Waals surface area contributed by atoms with Gasteiger partial charge in [-0.25, -0.2) is 0 Å². The number of thioether (sulfide) groups is 1. The highest BCUT2D eigenvalue weighted by Gasteiger charge is 2.52. The fourth-order valence-electron chi connectivity index (χ4n) is 3.24. The van der Waals surface area contributed by atoms with E-state index in [0.29, 0.717) is 24.6 Å². The van der Waals surface area contributed by atoms with Crippen molar-refractivity contribution >= 4 is 23.6 Å². The van der Waals surface area contributed by atoms with Gasteiger partial charge < -0.3 is 15.3 Å². The van der Waals surface area contributed by atoms with Gasteiger partial charge in [0.2, 0.25) is 11.8 Å². The smallest absolute Gasteiger partial charge is 0.243 e. The third-order valence-corrected chi connectivity index (χ3v) is 6.03. The molecule has 106 valence electrons. The average molecular weight is 284 g/mol. The molecule has 1 saturated carbocycles. The van der Waals surface area contributed by atoms with Crippen LogP contribution in [0.15, 0.2) is 0 Å². The Balaban J connectivity index is 1.57. The standard InChI is InChI=1S/C13H20N2O3S/c1-13-3-2-11(17)15(13)10(7-19-13)12(18)14-6-8-4-9(16)5-8/h8-10,16H,2-7H2,1H3,(H,14,18). The van der Waals surface area contributed by atoms with E-state index in [4.69, 9.17) is 0 Å². The van der Waals surface area contributed by atoms with Crippen LogP contribution in [0, 0.1) is 5.92 Å². The van der Waals surface area contributed by atoms with Crippen molar-refractivity contribution < 1.29 is 14.7 Å². The minimum atomic E-state index is -0.310. The number of carbonyl (C=O) groups excluding carboxylic acids is 2. The van der Waals surface area contributed by atoms with Crippen molar-refractivity contribution in [3.63, 3.8) is 0 Å². The summed E-state index contributed by atoms with van der Waals surface area (Å²) in [5.74, 6) is 1.16. The minimum Gasteiger partial charge on any atom is -0.393 e. The summed E-state index contributed by atoms with van der Waals surface area (Å²) in [6.07, 6.45) is 2.77. The lowest BCUT2D eigenvalue weighted by atomic mass is 9.82. The van der Waals surface area contributed by atoms with Crippen LogP contribution >= 0.6 is 11.8 Å². The number of carbonyl (C=O) groups is 2. The fraction of sp³-hybridized carbons (Fsp3) is 0.846. The summed E-state index contributed by atoms with van der Waals surface area (Å²) < 4.78 is 0. The van der Waals surface area contributed by atoms with Gasteiger partial charge in [-0.3, -0.25) is 9.59 Å². The predicted molar refractivity (Wildman–Crippen MR) is 72.5 cm³/mol. The molecule has 3 fully saturated rings. The van der Waals surface area contributed by atoms with E-state index in [1.807, 2.05) is 0 Å². The topological polar surface area (TPSA) is 69.6 Å². The van der Waals surface area contributed by atoms with E-state index < -0.39 is 0 Å². The maximum absolute atomic E-state index is 12.2. The SMILES string of the molecule is CC12CCC(=O)N1C(C(=O)NCC1CC(O)C1)CS2. The number of aliphatic hydroxyl groups is 1. The van der Waals surface area contributed by atoms with E-state index >= 15 is 0 Å². The first-order valence-electron chi connectivity index (χ1n) is 6.91. The Morgan fingerprint density at radius 2 is 2.32 bits per heavy atom. The summed E-state index contributed by atoms with van der Waals surface area (Å²) in [4.78, 5) is 25.8. The van der Waals surface area contributed by atoms with Gasteiger partial charge >= 0.3 is 0 Å². The first-order valence-corrected chi connectivity index (χ1v) is 7.90. The largest absolute Gasteiger partial charge is 0.393 e. The summed E-state index contributed by atoms with van der Waals surface area (Å²) in [6.45, 7) is 2.67. The summed E-state index contributed by atoms with van der Waals surface area (Å²) >= 11 is 1.71. The molecule has 2 aliphatic heterocycles. The van der Waals surface area contributed by atoms with E-state index in [2.05, 4.69) is 12.2 Å². The number of hydrogen-bond acceptors (Lipinski definition) is 4. The molecule has 0 spiro atoms. The second-order valence-corrected chi connectivity index (χ2v) is 7.50. The van der Waals surface area contributed by atoms with E-state index in [1.165, 1.54) is 0 Å². The molecule has 3 rings (SSSR count). The molecular formula is C13H20N2O3S. The molecule has 2 saturated heterocycles. The van der Waals surface area contributed by atoms with E-state index in [-0.39, 0.29) is 28.8 Å². The van der Waals surface area contributed by atoms with Gasteiger partial charge in [0.1, 0.15) is 6.04 Å². The molecule has 1 aliphatic carbocycles. The van der Waals surface area contributed by atoms with Crippen LogP contribution in [0.2, 0.25) is 0 Å². The lowest BCUT2D eigenvalue weighted by Crippen LogP contribution is -2.51. The van der Waals surface area contributed by atoms with Gasteiger partial charge in [0.15, 0.2) is 0 Å². The summed E-state index contributed by atoms with van der Waals surface area (Å²) in [7, 11) is 0. The molecule has 2 atom stereocenters. The molecule has 0 aromatic carbocycles. The lowest BCUT2D eigenvalue weighted by Gasteiger charge is -2.33. The minimum absolute atomic E-state index is 0.0344. The number of nitrogens with one attached hydrogen (secondary N) is 1. The second-order valence-electron chi connectivity index (χ2n) is 6.00. The van der Waals surface area contributed by atoms with Crippen LogP contribution in [0.3, 0.4) is 0 Å². The Morgan fingerprint density at radius 1 is 1.58 bits per heavy atom. The van der Waals surface area contributed by atoms with Crippen molar-refractivity contribution in [1.82, 2.24) is 10.2 Å². The number of fused-ring (bicyclic) bond motifs is 1. The van der Waals surface area contributed by atoms with Crippen LogP contribution in [-0.2, 0) is 9.59 Å². The van der Waals surface area contributed by atoms with E-state index in [1.54, 1.807) is 16.7 Å². The Labute approximate surface area is 117 Å². The van der Waals surface area contributed by atoms with Gasteiger partial charge in [-0.05, 0) is 32.1 Å². The van der Waals surface area contributed by atoms with Crippen LogP contribution in [0.4, 0.5) is 0 Å². The maximum atomic E-state index is 12.2. The molecule has 2 amide bonds. The summed E-state index contributed by atoms with van der Waals surface area (Å²) in [6, 6.07) is -0.310. The Hall–Kier alpha value is -0.750. The molecule has 0 bridgehead atoms. The van der Waals surface area contributed by atoms with Crippen LogP contribution in [0.25, 0.3) is 0 Å². The predicted octanol–water partition coefficient (Wildman–Crippen LogP) is 0.328. The third-order valence-electron chi connectivity index (χ3n) is 4.52. The first kappa shape index (κ1) is 13.2. The van der Waals surface area contributed by atoms with Gasteiger partial charge in [0.05, 0.1) is 11.0 Å². The van der Waals surface area contributed by atoms with Gasteiger partial charge in [-0.2, -0.15) is 0 Å². The first-order chi connectivity index (χ1) is 8.99. The molecule has 19 heavy (non-hydrogen) atoms. The molecule has 0 radical (unpaired) electrons. The quantitative estimate of drug-likeness (QED) is 0.783. The number of aliphatic hydroxyl groups excluding tert-OH is 1. The normalized spacial score (nSPS) is 41.1. The van der Waals surface area contributed by atoms with E-state index in [9.17, 15) is 14.7 Å². The Kier molecular flexibility index (Phi) is 3.25. The molecule has 0 aromatic rings.